The molecule has 138 valence electrons. The largest absolute Gasteiger partial charge is 0.481 e. The molecular weight excluding hydrogens is 294 g/mol. The first kappa shape index (κ1) is 24.0. The minimum absolute atomic E-state index is 0.345. The molecule has 0 unspecified atom stereocenters. The third kappa shape index (κ3) is 29.4. The quantitative estimate of drug-likeness (QED) is 0.425. The van der Waals surface area contributed by atoms with Crippen molar-refractivity contribution in [1.82, 2.24) is 0 Å². The molecule has 0 aliphatic heterocycles. The van der Waals surface area contributed by atoms with E-state index in [2.05, 4.69) is 17.4 Å². The van der Waals surface area contributed by atoms with E-state index >= 15 is 0 Å². The SMILES string of the molecule is CCCCCCCCCCCCCCC(=O)O.CCOC(N)=O. The van der Waals surface area contributed by atoms with Gasteiger partial charge >= 0.3 is 12.1 Å². The smallest absolute Gasteiger partial charge is 0.404 e. The van der Waals surface area contributed by atoms with Gasteiger partial charge in [-0.2, -0.15) is 0 Å². The van der Waals surface area contributed by atoms with Crippen LogP contribution in [0.3, 0.4) is 0 Å². The van der Waals surface area contributed by atoms with E-state index in [0.29, 0.717) is 13.0 Å². The molecule has 0 bridgehead atoms. The summed E-state index contributed by atoms with van der Waals surface area (Å²) in [6, 6.07) is 0. The second-order valence-electron chi connectivity index (χ2n) is 5.78. The second kappa shape index (κ2) is 20.7. The molecule has 0 rings (SSSR count). The van der Waals surface area contributed by atoms with Crippen LogP contribution in [0, 0.1) is 0 Å². The standard InChI is InChI=1S/C15H30O2.C3H7NO2/c1-2-3-4-5-6-7-8-9-10-11-12-13-14-15(16)17;1-2-6-3(4)5/h2-14H2,1H3,(H,16,17);2H2,1H3,(H2,4,5). The van der Waals surface area contributed by atoms with Gasteiger partial charge in [0.05, 0.1) is 6.61 Å². The summed E-state index contributed by atoms with van der Waals surface area (Å²) in [5, 5.41) is 8.47. The topological polar surface area (TPSA) is 89.6 Å². The van der Waals surface area contributed by atoms with E-state index in [0.717, 1.165) is 12.8 Å². The second-order valence-corrected chi connectivity index (χ2v) is 5.78. The lowest BCUT2D eigenvalue weighted by Crippen LogP contribution is -2.11. The van der Waals surface area contributed by atoms with E-state index < -0.39 is 12.1 Å². The van der Waals surface area contributed by atoms with Crippen molar-refractivity contribution in [3.63, 3.8) is 0 Å². The molecule has 0 radical (unpaired) electrons. The van der Waals surface area contributed by atoms with Crippen molar-refractivity contribution in [3.8, 4) is 0 Å². The first-order valence-electron chi connectivity index (χ1n) is 9.18. The number of carboxylic acid groups (broad SMARTS) is 1. The van der Waals surface area contributed by atoms with Crippen molar-refractivity contribution in [2.45, 2.75) is 97.3 Å². The lowest BCUT2D eigenvalue weighted by atomic mass is 10.0. The zero-order valence-corrected chi connectivity index (χ0v) is 15.1. The third-order valence-electron chi connectivity index (χ3n) is 3.53. The summed E-state index contributed by atoms with van der Waals surface area (Å²) in [6.07, 6.45) is 15.1. The Morgan fingerprint density at radius 2 is 1.17 bits per heavy atom. The molecule has 0 aromatic carbocycles. The van der Waals surface area contributed by atoms with Crippen molar-refractivity contribution < 1.29 is 19.4 Å². The molecule has 5 nitrogen and oxygen atoms in total. The van der Waals surface area contributed by atoms with Crippen LogP contribution in [-0.4, -0.2) is 23.8 Å². The van der Waals surface area contributed by atoms with E-state index in [1.165, 1.54) is 64.2 Å². The van der Waals surface area contributed by atoms with Gasteiger partial charge in [0.1, 0.15) is 0 Å². The predicted octanol–water partition coefficient (Wildman–Crippen LogP) is 5.26. The Labute approximate surface area is 142 Å². The molecule has 5 heteroatoms. The number of primary amides is 1. The van der Waals surface area contributed by atoms with Crippen LogP contribution < -0.4 is 5.73 Å². The Morgan fingerprint density at radius 3 is 1.43 bits per heavy atom. The van der Waals surface area contributed by atoms with Crippen molar-refractivity contribution >= 4 is 12.1 Å². The molecule has 0 fully saturated rings. The van der Waals surface area contributed by atoms with Gasteiger partial charge in [-0.15, -0.1) is 0 Å². The first-order chi connectivity index (χ1) is 11.0. The van der Waals surface area contributed by atoms with Crippen LogP contribution in [0.2, 0.25) is 0 Å². The summed E-state index contributed by atoms with van der Waals surface area (Å²) < 4.78 is 4.18. The van der Waals surface area contributed by atoms with Crippen molar-refractivity contribution in [2.24, 2.45) is 5.73 Å². The zero-order chi connectivity index (χ0) is 17.8. The predicted molar refractivity (Wildman–Crippen MR) is 94.5 cm³/mol. The molecule has 0 saturated heterocycles. The van der Waals surface area contributed by atoms with Gasteiger partial charge in [-0.1, -0.05) is 77.6 Å². The molecule has 0 atom stereocenters. The number of hydrogen-bond acceptors (Lipinski definition) is 3. The van der Waals surface area contributed by atoms with Crippen LogP contribution in [0.4, 0.5) is 4.79 Å². The average Bonchev–Trinajstić information content (AvgIpc) is 2.48. The van der Waals surface area contributed by atoms with E-state index in [9.17, 15) is 9.59 Å². The summed E-state index contributed by atoms with van der Waals surface area (Å²) >= 11 is 0. The lowest BCUT2D eigenvalue weighted by molar-refractivity contribution is -0.137. The fraction of sp³-hybridized carbons (Fsp3) is 0.889. The minimum Gasteiger partial charge on any atom is -0.481 e. The summed E-state index contributed by atoms with van der Waals surface area (Å²) in [4.78, 5) is 19.9. The van der Waals surface area contributed by atoms with Crippen LogP contribution in [0.1, 0.15) is 97.3 Å². The maximum Gasteiger partial charge on any atom is 0.404 e. The highest BCUT2D eigenvalue weighted by atomic mass is 16.5. The number of rotatable bonds is 14. The Balaban J connectivity index is 0. The normalized spacial score (nSPS) is 9.83. The monoisotopic (exact) mass is 331 g/mol. The molecule has 0 aliphatic carbocycles. The Morgan fingerprint density at radius 1 is 0.783 bits per heavy atom. The number of unbranched alkanes of at least 4 members (excludes halogenated alkanes) is 11. The van der Waals surface area contributed by atoms with E-state index in [1.807, 2.05) is 0 Å². The number of aliphatic carboxylic acids is 1. The van der Waals surface area contributed by atoms with Crippen molar-refractivity contribution in [2.75, 3.05) is 6.61 Å². The third-order valence-corrected chi connectivity index (χ3v) is 3.53. The van der Waals surface area contributed by atoms with Gasteiger partial charge in [0.2, 0.25) is 0 Å². The maximum atomic E-state index is 10.3. The minimum atomic E-state index is -0.711. The highest BCUT2D eigenvalue weighted by Crippen LogP contribution is 2.12. The molecule has 0 heterocycles. The highest BCUT2D eigenvalue weighted by Gasteiger charge is 1.96. The van der Waals surface area contributed by atoms with Crippen molar-refractivity contribution in [3.05, 3.63) is 0 Å². The Hall–Kier alpha value is -1.26. The fourth-order valence-corrected chi connectivity index (χ4v) is 2.26. The molecule has 23 heavy (non-hydrogen) atoms. The molecule has 3 N–H and O–H groups in total. The summed E-state index contributed by atoms with van der Waals surface area (Å²) in [5.41, 5.74) is 4.54. The van der Waals surface area contributed by atoms with Gasteiger partial charge in [-0.25, -0.2) is 4.79 Å². The average molecular weight is 331 g/mol. The molecule has 0 aromatic rings. The van der Waals surface area contributed by atoms with E-state index in [1.54, 1.807) is 6.92 Å². The number of ether oxygens (including phenoxy) is 1. The van der Waals surface area contributed by atoms with Gasteiger partial charge in [-0.3, -0.25) is 4.79 Å². The van der Waals surface area contributed by atoms with Crippen LogP contribution >= 0.6 is 0 Å². The van der Waals surface area contributed by atoms with Gasteiger partial charge in [0, 0.05) is 6.42 Å². The Kier molecular flexibility index (Phi) is 21.6. The maximum absolute atomic E-state index is 10.3. The lowest BCUT2D eigenvalue weighted by Gasteiger charge is -2.02. The van der Waals surface area contributed by atoms with Crippen LogP contribution in [-0.2, 0) is 9.53 Å². The number of carboxylic acids is 1. The fourth-order valence-electron chi connectivity index (χ4n) is 2.26. The summed E-state index contributed by atoms with van der Waals surface area (Å²) in [7, 11) is 0. The zero-order valence-electron chi connectivity index (χ0n) is 15.1. The van der Waals surface area contributed by atoms with Crippen LogP contribution in [0.5, 0.6) is 0 Å². The van der Waals surface area contributed by atoms with Gasteiger partial charge in [0.25, 0.3) is 0 Å². The number of amides is 1. The molecule has 0 saturated carbocycles. The molecular formula is C18H37NO4. The highest BCUT2D eigenvalue weighted by molar-refractivity contribution is 5.66. The van der Waals surface area contributed by atoms with Crippen LogP contribution in [0.15, 0.2) is 0 Å². The van der Waals surface area contributed by atoms with Gasteiger partial charge < -0.3 is 15.6 Å². The number of carbonyl (C=O) groups excluding carboxylic acids is 1. The number of carbonyl (C=O) groups is 2. The molecule has 1 amide bonds. The molecule has 0 aliphatic rings. The molecule has 0 spiro atoms. The molecule has 0 aromatic heterocycles. The van der Waals surface area contributed by atoms with E-state index in [4.69, 9.17) is 5.11 Å². The first-order valence-corrected chi connectivity index (χ1v) is 9.18. The summed E-state index contributed by atoms with van der Waals surface area (Å²) in [6.45, 7) is 4.31. The van der Waals surface area contributed by atoms with E-state index in [-0.39, 0.29) is 0 Å². The van der Waals surface area contributed by atoms with Crippen molar-refractivity contribution in [1.29, 1.82) is 0 Å². The van der Waals surface area contributed by atoms with Gasteiger partial charge in [-0.05, 0) is 13.3 Å². The number of hydrogen-bond donors (Lipinski definition) is 2. The summed E-state index contributed by atoms with van der Waals surface area (Å²) in [5.74, 6) is -0.655. The Bertz CT molecular complexity index is 270. The van der Waals surface area contributed by atoms with Crippen LogP contribution in [0.25, 0.3) is 0 Å². The van der Waals surface area contributed by atoms with Gasteiger partial charge in [0.15, 0.2) is 0 Å². The number of nitrogens with two attached hydrogens (primary N) is 1.